The van der Waals surface area contributed by atoms with Crippen LogP contribution < -0.4 is 11.0 Å². The number of H-pyrrole nitrogens is 2. The molecule has 1 amide bonds. The molecule has 3 rings (SSSR count). The molecule has 0 radical (unpaired) electrons. The average molecular weight is 282 g/mol. The quantitative estimate of drug-likeness (QED) is 0.672. The first-order chi connectivity index (χ1) is 10.2. The molecule has 3 N–H and O–H groups in total. The van der Waals surface area contributed by atoms with Crippen molar-refractivity contribution in [1.82, 2.24) is 20.3 Å². The van der Waals surface area contributed by atoms with Crippen molar-refractivity contribution >= 4 is 16.9 Å². The van der Waals surface area contributed by atoms with Gasteiger partial charge in [-0.15, -0.1) is 0 Å². The zero-order chi connectivity index (χ0) is 14.7. The van der Waals surface area contributed by atoms with Crippen molar-refractivity contribution in [2.24, 2.45) is 0 Å². The van der Waals surface area contributed by atoms with Crippen molar-refractivity contribution in [3.8, 4) is 0 Å². The summed E-state index contributed by atoms with van der Waals surface area (Å²) in [4.78, 5) is 32.4. The summed E-state index contributed by atoms with van der Waals surface area (Å²) < 4.78 is 0. The van der Waals surface area contributed by atoms with E-state index in [4.69, 9.17) is 0 Å². The summed E-state index contributed by atoms with van der Waals surface area (Å²) in [7, 11) is 0. The molecular weight excluding hydrogens is 268 g/mol. The molecule has 6 heteroatoms. The Kier molecular flexibility index (Phi) is 3.51. The van der Waals surface area contributed by atoms with Gasteiger partial charge >= 0.3 is 5.69 Å². The lowest BCUT2D eigenvalue weighted by Crippen LogP contribution is -2.25. The van der Waals surface area contributed by atoms with E-state index in [1.807, 2.05) is 18.2 Å². The number of rotatable bonds is 4. The smallest absolute Gasteiger partial charge is 0.323 e. The highest BCUT2D eigenvalue weighted by molar-refractivity contribution is 5.93. The lowest BCUT2D eigenvalue weighted by molar-refractivity contribution is 0.0954. The normalized spacial score (nSPS) is 10.7. The monoisotopic (exact) mass is 282 g/mol. The van der Waals surface area contributed by atoms with E-state index < -0.39 is 0 Å². The molecule has 0 saturated carbocycles. The zero-order valence-electron chi connectivity index (χ0n) is 11.2. The predicted octanol–water partition coefficient (Wildman–Crippen LogP) is 1.22. The second-order valence-electron chi connectivity index (χ2n) is 4.71. The van der Waals surface area contributed by atoms with Gasteiger partial charge in [0.1, 0.15) is 0 Å². The van der Waals surface area contributed by atoms with Crippen LogP contribution in [0.15, 0.2) is 47.5 Å². The third kappa shape index (κ3) is 3.00. The molecule has 21 heavy (non-hydrogen) atoms. The van der Waals surface area contributed by atoms with Gasteiger partial charge in [0.05, 0.1) is 16.6 Å². The molecule has 0 spiro atoms. The van der Waals surface area contributed by atoms with Gasteiger partial charge in [-0.2, -0.15) is 0 Å². The number of benzene rings is 1. The van der Waals surface area contributed by atoms with Gasteiger partial charge in [0.25, 0.3) is 5.91 Å². The summed E-state index contributed by atoms with van der Waals surface area (Å²) in [5.41, 5.74) is 2.93. The first kappa shape index (κ1) is 13.1. The first-order valence-electron chi connectivity index (χ1n) is 6.61. The number of nitrogens with one attached hydrogen (secondary N) is 3. The van der Waals surface area contributed by atoms with Crippen molar-refractivity contribution in [1.29, 1.82) is 0 Å². The van der Waals surface area contributed by atoms with Crippen LogP contribution in [0.3, 0.4) is 0 Å². The van der Waals surface area contributed by atoms with E-state index in [0.29, 0.717) is 18.5 Å². The topological polar surface area (TPSA) is 90.6 Å². The number of fused-ring (bicyclic) bond motifs is 1. The standard InChI is InChI=1S/C15H14N4O2/c20-14(11-2-1-6-16-9-11)17-7-5-10-3-4-12-13(8-10)19-15(21)18-12/h1-4,6,8-9H,5,7H2,(H,17,20)(H2,18,19,21). The molecule has 2 aromatic heterocycles. The SMILES string of the molecule is O=C(NCCc1ccc2[nH]c(=O)[nH]c2c1)c1cccnc1. The number of aromatic amines is 2. The van der Waals surface area contributed by atoms with Crippen LogP contribution in [0, 0.1) is 0 Å². The second-order valence-corrected chi connectivity index (χ2v) is 4.71. The third-order valence-corrected chi connectivity index (χ3v) is 3.20. The molecule has 0 atom stereocenters. The summed E-state index contributed by atoms with van der Waals surface area (Å²) in [6.45, 7) is 0.522. The number of imidazole rings is 1. The van der Waals surface area contributed by atoms with Gasteiger partial charge in [-0.05, 0) is 36.2 Å². The molecule has 3 aromatic rings. The summed E-state index contributed by atoms with van der Waals surface area (Å²) in [5.74, 6) is -0.140. The molecule has 0 bridgehead atoms. The minimum absolute atomic E-state index is 0.140. The minimum atomic E-state index is -0.216. The second kappa shape index (κ2) is 5.62. The molecule has 0 aliphatic rings. The van der Waals surface area contributed by atoms with Crippen molar-refractivity contribution in [2.45, 2.75) is 6.42 Å². The summed E-state index contributed by atoms with van der Waals surface area (Å²) >= 11 is 0. The maximum atomic E-state index is 11.8. The van der Waals surface area contributed by atoms with E-state index in [1.165, 1.54) is 6.20 Å². The number of aromatic nitrogens is 3. The van der Waals surface area contributed by atoms with Crippen LogP contribution in [0.1, 0.15) is 15.9 Å². The van der Waals surface area contributed by atoms with Crippen LogP contribution in [0.25, 0.3) is 11.0 Å². The minimum Gasteiger partial charge on any atom is -0.352 e. The van der Waals surface area contributed by atoms with E-state index in [-0.39, 0.29) is 11.6 Å². The highest BCUT2D eigenvalue weighted by atomic mass is 16.1. The fourth-order valence-electron chi connectivity index (χ4n) is 2.15. The fraction of sp³-hybridized carbons (Fsp3) is 0.133. The maximum Gasteiger partial charge on any atom is 0.323 e. The van der Waals surface area contributed by atoms with Gasteiger partial charge in [-0.3, -0.25) is 9.78 Å². The van der Waals surface area contributed by atoms with Crippen molar-refractivity contribution in [3.05, 3.63) is 64.3 Å². The number of nitrogens with zero attached hydrogens (tertiary/aromatic N) is 1. The Balaban J connectivity index is 1.61. The van der Waals surface area contributed by atoms with Gasteiger partial charge in [0.15, 0.2) is 0 Å². The van der Waals surface area contributed by atoms with Crippen LogP contribution in [-0.2, 0) is 6.42 Å². The average Bonchev–Trinajstić information content (AvgIpc) is 2.87. The number of amides is 1. The third-order valence-electron chi connectivity index (χ3n) is 3.20. The van der Waals surface area contributed by atoms with Crippen LogP contribution in [-0.4, -0.2) is 27.4 Å². The molecule has 0 fully saturated rings. The lowest BCUT2D eigenvalue weighted by Gasteiger charge is -2.05. The summed E-state index contributed by atoms with van der Waals surface area (Å²) in [6.07, 6.45) is 3.85. The molecular formula is C15H14N4O2. The van der Waals surface area contributed by atoms with E-state index in [1.54, 1.807) is 18.3 Å². The maximum absolute atomic E-state index is 11.8. The van der Waals surface area contributed by atoms with Crippen molar-refractivity contribution < 1.29 is 4.79 Å². The summed E-state index contributed by atoms with van der Waals surface area (Å²) in [5, 5.41) is 2.84. The Hall–Kier alpha value is -2.89. The predicted molar refractivity (Wildman–Crippen MR) is 79.2 cm³/mol. The zero-order valence-corrected chi connectivity index (χ0v) is 11.2. The van der Waals surface area contributed by atoms with Gasteiger partial charge < -0.3 is 15.3 Å². The van der Waals surface area contributed by atoms with Crippen LogP contribution in [0.4, 0.5) is 0 Å². The Morgan fingerprint density at radius 2 is 2.05 bits per heavy atom. The molecule has 0 aliphatic heterocycles. The Bertz CT molecular complexity index is 820. The molecule has 2 heterocycles. The molecule has 0 aliphatic carbocycles. The van der Waals surface area contributed by atoms with E-state index in [9.17, 15) is 9.59 Å². The van der Waals surface area contributed by atoms with Gasteiger partial charge in [-0.1, -0.05) is 6.07 Å². The van der Waals surface area contributed by atoms with Crippen molar-refractivity contribution in [2.75, 3.05) is 6.54 Å². The number of carbonyl (C=O) groups is 1. The molecule has 106 valence electrons. The van der Waals surface area contributed by atoms with Crippen LogP contribution in [0.5, 0.6) is 0 Å². The fourth-order valence-corrected chi connectivity index (χ4v) is 2.15. The van der Waals surface area contributed by atoms with Crippen LogP contribution >= 0.6 is 0 Å². The highest BCUT2D eigenvalue weighted by Crippen LogP contribution is 2.10. The number of hydrogen-bond acceptors (Lipinski definition) is 3. The molecule has 0 unspecified atom stereocenters. The van der Waals surface area contributed by atoms with Gasteiger partial charge in [0, 0.05) is 18.9 Å². The molecule has 1 aromatic carbocycles. The number of carbonyl (C=O) groups excluding carboxylic acids is 1. The Morgan fingerprint density at radius 3 is 2.86 bits per heavy atom. The molecule has 6 nitrogen and oxygen atoms in total. The highest BCUT2D eigenvalue weighted by Gasteiger charge is 2.05. The Morgan fingerprint density at radius 1 is 1.19 bits per heavy atom. The van der Waals surface area contributed by atoms with Gasteiger partial charge in [0.2, 0.25) is 0 Å². The van der Waals surface area contributed by atoms with E-state index in [2.05, 4.69) is 20.3 Å². The first-order valence-corrected chi connectivity index (χ1v) is 6.61. The van der Waals surface area contributed by atoms with Crippen molar-refractivity contribution in [3.63, 3.8) is 0 Å². The number of hydrogen-bond donors (Lipinski definition) is 3. The van der Waals surface area contributed by atoms with E-state index in [0.717, 1.165) is 16.6 Å². The number of pyridine rings is 1. The van der Waals surface area contributed by atoms with E-state index >= 15 is 0 Å². The lowest BCUT2D eigenvalue weighted by atomic mass is 10.1. The van der Waals surface area contributed by atoms with Gasteiger partial charge in [-0.25, -0.2) is 4.79 Å². The molecule has 0 saturated heterocycles. The van der Waals surface area contributed by atoms with Crippen LogP contribution in [0.2, 0.25) is 0 Å². The Labute approximate surface area is 120 Å². The summed E-state index contributed by atoms with van der Waals surface area (Å²) in [6, 6.07) is 9.14. The largest absolute Gasteiger partial charge is 0.352 e.